The van der Waals surface area contributed by atoms with Crippen molar-refractivity contribution in [2.24, 2.45) is 0 Å². The predicted octanol–water partition coefficient (Wildman–Crippen LogP) is 5.99. The number of methoxy groups -OCH3 is 2. The maximum absolute atomic E-state index is 13.4. The minimum atomic E-state index is -0.338. The molecule has 34 heavy (non-hydrogen) atoms. The molecule has 0 N–H and O–H groups in total. The van der Waals surface area contributed by atoms with Crippen molar-refractivity contribution in [3.63, 3.8) is 0 Å². The molecule has 4 aromatic rings. The number of aromatic nitrogens is 1. The Morgan fingerprint density at radius 2 is 1.65 bits per heavy atom. The Labute approximate surface area is 201 Å². The summed E-state index contributed by atoms with van der Waals surface area (Å²) in [5.74, 6) is 1.14. The van der Waals surface area contributed by atoms with Gasteiger partial charge in [0.2, 0.25) is 0 Å². The van der Waals surface area contributed by atoms with E-state index in [1.54, 1.807) is 73.7 Å². The Morgan fingerprint density at radius 1 is 0.941 bits per heavy atom. The molecule has 1 amide bonds. The predicted molar refractivity (Wildman–Crippen MR) is 126 cm³/mol. The van der Waals surface area contributed by atoms with Gasteiger partial charge >= 0.3 is 0 Å². The quantitative estimate of drug-likeness (QED) is 0.310. The first-order valence-corrected chi connectivity index (χ1v) is 10.8. The third kappa shape index (κ3) is 5.38. The van der Waals surface area contributed by atoms with Crippen LogP contribution in [0.3, 0.4) is 0 Å². The van der Waals surface area contributed by atoms with Crippen molar-refractivity contribution >= 4 is 17.5 Å². The van der Waals surface area contributed by atoms with E-state index in [0.29, 0.717) is 33.5 Å². The average Bonchev–Trinajstić information content (AvgIpc) is 3.33. The Hall–Kier alpha value is -3.84. The summed E-state index contributed by atoms with van der Waals surface area (Å²) in [6.45, 7) is 0.454. The Morgan fingerprint density at radius 3 is 2.32 bits per heavy atom. The Balaban J connectivity index is 1.60. The van der Waals surface area contributed by atoms with Crippen LogP contribution in [0, 0.1) is 5.82 Å². The van der Waals surface area contributed by atoms with E-state index in [2.05, 4.69) is 5.16 Å². The zero-order chi connectivity index (χ0) is 24.1. The Bertz CT molecular complexity index is 1270. The molecule has 1 aromatic heterocycles. The summed E-state index contributed by atoms with van der Waals surface area (Å²) in [6, 6.07) is 19.9. The standard InChI is InChI=1S/C26H22ClFN2O4/c1-32-23-12-7-19(13-25(23)33-2)24-14-22(29-34-24)16-30(15-17-3-10-21(28)11-4-17)26(31)18-5-8-20(27)9-6-18/h3-14H,15-16H2,1-2H3. The molecule has 4 rings (SSSR count). The third-order valence-corrected chi connectivity index (χ3v) is 5.50. The minimum absolute atomic E-state index is 0.190. The summed E-state index contributed by atoms with van der Waals surface area (Å²) < 4.78 is 29.5. The number of benzene rings is 3. The lowest BCUT2D eigenvalue weighted by Crippen LogP contribution is -2.30. The van der Waals surface area contributed by atoms with Crippen molar-refractivity contribution in [1.29, 1.82) is 0 Å². The van der Waals surface area contributed by atoms with Crippen LogP contribution in [0.1, 0.15) is 21.6 Å². The Kier molecular flexibility index (Phi) is 7.13. The van der Waals surface area contributed by atoms with E-state index in [9.17, 15) is 9.18 Å². The number of carbonyl (C=O) groups excluding carboxylic acids is 1. The number of hydrogen-bond donors (Lipinski definition) is 0. The number of ether oxygens (including phenoxy) is 2. The van der Waals surface area contributed by atoms with Crippen LogP contribution in [-0.2, 0) is 13.1 Å². The first-order chi connectivity index (χ1) is 16.5. The number of hydrogen-bond acceptors (Lipinski definition) is 5. The number of rotatable bonds is 8. The molecule has 0 aliphatic carbocycles. The molecule has 0 bridgehead atoms. The van der Waals surface area contributed by atoms with Gasteiger partial charge in [-0.3, -0.25) is 4.79 Å². The maximum Gasteiger partial charge on any atom is 0.254 e. The molecule has 0 aliphatic rings. The molecule has 6 nitrogen and oxygen atoms in total. The van der Waals surface area contributed by atoms with Crippen LogP contribution in [0.5, 0.6) is 11.5 Å². The van der Waals surface area contributed by atoms with Crippen molar-refractivity contribution in [2.45, 2.75) is 13.1 Å². The van der Waals surface area contributed by atoms with Gasteiger partial charge in [0, 0.05) is 28.8 Å². The zero-order valence-electron chi connectivity index (χ0n) is 18.6. The average molecular weight is 481 g/mol. The number of nitrogens with zero attached hydrogens (tertiary/aromatic N) is 2. The molecule has 0 radical (unpaired) electrons. The second-order valence-corrected chi connectivity index (χ2v) is 7.98. The first kappa shape index (κ1) is 23.3. The van der Waals surface area contributed by atoms with Gasteiger partial charge in [-0.05, 0) is 60.2 Å². The number of halogens is 2. The molecule has 174 valence electrons. The van der Waals surface area contributed by atoms with Crippen LogP contribution in [0.15, 0.2) is 77.3 Å². The molecule has 0 atom stereocenters. The van der Waals surface area contributed by atoms with Crippen LogP contribution in [-0.4, -0.2) is 30.2 Å². The summed E-state index contributed by atoms with van der Waals surface area (Å²) in [6.07, 6.45) is 0. The van der Waals surface area contributed by atoms with Crippen molar-refractivity contribution in [2.75, 3.05) is 14.2 Å². The molecule has 8 heteroatoms. The molecule has 3 aromatic carbocycles. The lowest BCUT2D eigenvalue weighted by Gasteiger charge is -2.22. The molecule has 0 spiro atoms. The van der Waals surface area contributed by atoms with E-state index in [4.69, 9.17) is 25.6 Å². The van der Waals surface area contributed by atoms with Gasteiger partial charge in [0.05, 0.1) is 20.8 Å². The van der Waals surface area contributed by atoms with Gasteiger partial charge in [0.15, 0.2) is 17.3 Å². The van der Waals surface area contributed by atoms with Gasteiger partial charge in [-0.1, -0.05) is 28.9 Å². The largest absolute Gasteiger partial charge is 0.493 e. The maximum atomic E-state index is 13.4. The molecule has 0 aliphatic heterocycles. The second-order valence-electron chi connectivity index (χ2n) is 7.55. The summed E-state index contributed by atoms with van der Waals surface area (Å²) >= 11 is 5.97. The van der Waals surface area contributed by atoms with Gasteiger partial charge in [-0.2, -0.15) is 0 Å². The lowest BCUT2D eigenvalue weighted by molar-refractivity contribution is 0.0726. The van der Waals surface area contributed by atoms with Gasteiger partial charge in [0.25, 0.3) is 5.91 Å². The van der Waals surface area contributed by atoms with E-state index in [1.165, 1.54) is 12.1 Å². The SMILES string of the molecule is COc1ccc(-c2cc(CN(Cc3ccc(F)cc3)C(=O)c3ccc(Cl)cc3)no2)cc1OC. The fraction of sp³-hybridized carbons (Fsp3) is 0.154. The van der Waals surface area contributed by atoms with Crippen LogP contribution in [0.25, 0.3) is 11.3 Å². The first-order valence-electron chi connectivity index (χ1n) is 10.4. The second kappa shape index (κ2) is 10.4. The fourth-order valence-corrected chi connectivity index (χ4v) is 3.62. The van der Waals surface area contributed by atoms with Crippen molar-refractivity contribution in [3.05, 3.63) is 100 Å². The monoisotopic (exact) mass is 480 g/mol. The highest BCUT2D eigenvalue weighted by molar-refractivity contribution is 6.30. The van der Waals surface area contributed by atoms with Crippen LogP contribution < -0.4 is 9.47 Å². The smallest absolute Gasteiger partial charge is 0.254 e. The highest BCUT2D eigenvalue weighted by atomic mass is 35.5. The lowest BCUT2D eigenvalue weighted by atomic mass is 10.1. The van der Waals surface area contributed by atoms with Gasteiger partial charge in [-0.15, -0.1) is 0 Å². The molecular formula is C26H22ClFN2O4. The van der Waals surface area contributed by atoms with E-state index in [1.807, 2.05) is 6.07 Å². The highest BCUT2D eigenvalue weighted by Gasteiger charge is 2.20. The van der Waals surface area contributed by atoms with Gasteiger partial charge in [-0.25, -0.2) is 4.39 Å². The number of carbonyl (C=O) groups is 1. The summed E-state index contributed by atoms with van der Waals surface area (Å²) in [4.78, 5) is 14.9. The molecule has 0 fully saturated rings. The van der Waals surface area contributed by atoms with Crippen molar-refractivity contribution < 1.29 is 23.2 Å². The number of amides is 1. The summed E-state index contributed by atoms with van der Waals surface area (Å²) in [5, 5.41) is 4.69. The summed E-state index contributed by atoms with van der Waals surface area (Å²) in [7, 11) is 3.13. The normalized spacial score (nSPS) is 10.7. The van der Waals surface area contributed by atoms with Crippen molar-refractivity contribution in [3.8, 4) is 22.8 Å². The van der Waals surface area contributed by atoms with Gasteiger partial charge < -0.3 is 18.9 Å². The highest BCUT2D eigenvalue weighted by Crippen LogP contribution is 2.32. The van der Waals surface area contributed by atoms with Crippen LogP contribution in [0.4, 0.5) is 4.39 Å². The molecule has 0 unspecified atom stereocenters. The van der Waals surface area contributed by atoms with E-state index in [-0.39, 0.29) is 24.8 Å². The fourth-order valence-electron chi connectivity index (χ4n) is 3.49. The van der Waals surface area contributed by atoms with Gasteiger partial charge in [0.1, 0.15) is 11.5 Å². The van der Waals surface area contributed by atoms with Crippen LogP contribution >= 0.6 is 11.6 Å². The van der Waals surface area contributed by atoms with E-state index >= 15 is 0 Å². The zero-order valence-corrected chi connectivity index (χ0v) is 19.4. The molecule has 1 heterocycles. The van der Waals surface area contributed by atoms with Crippen LogP contribution in [0.2, 0.25) is 5.02 Å². The minimum Gasteiger partial charge on any atom is -0.493 e. The van der Waals surface area contributed by atoms with E-state index < -0.39 is 0 Å². The molecule has 0 saturated heterocycles. The topological polar surface area (TPSA) is 64.8 Å². The van der Waals surface area contributed by atoms with E-state index in [0.717, 1.165) is 11.1 Å². The molecule has 0 saturated carbocycles. The summed E-state index contributed by atoms with van der Waals surface area (Å²) in [5.41, 5.74) is 2.59. The molecular weight excluding hydrogens is 459 g/mol. The third-order valence-electron chi connectivity index (χ3n) is 5.24. The van der Waals surface area contributed by atoms with Crippen molar-refractivity contribution in [1.82, 2.24) is 10.1 Å².